The van der Waals surface area contributed by atoms with Gasteiger partial charge in [-0.05, 0) is 31.8 Å². The predicted octanol–water partition coefficient (Wildman–Crippen LogP) is 5.49. The summed E-state index contributed by atoms with van der Waals surface area (Å²) in [4.78, 5) is 0. The Balaban J connectivity index is 4.60. The molecule has 16 heavy (non-hydrogen) atoms. The number of allylic oxidation sites excluding steroid dienone is 5. The molecule has 1 atom stereocenters. The lowest BCUT2D eigenvalue weighted by Crippen LogP contribution is -1.93. The molecule has 0 rings (SSSR count). The second-order valence-corrected chi connectivity index (χ2v) is 4.25. The van der Waals surface area contributed by atoms with Crippen LogP contribution in [-0.4, -0.2) is 0 Å². The molecule has 0 spiro atoms. The largest absolute Gasteiger partial charge is 0.211 e. The summed E-state index contributed by atoms with van der Waals surface area (Å²) in [5.41, 5.74) is 0.808. The maximum atomic E-state index is 13.5. The Kier molecular flexibility index (Phi) is 6.95. The van der Waals surface area contributed by atoms with Crippen LogP contribution in [0, 0.1) is 5.92 Å². The second kappa shape index (κ2) is 7.37. The molecule has 0 heterocycles. The lowest BCUT2D eigenvalue weighted by Gasteiger charge is -2.08. The molecule has 92 valence electrons. The summed E-state index contributed by atoms with van der Waals surface area (Å²) in [5.74, 6) is -0.422. The standard InChI is InChI=1S/C14H22F2/c1-6-10(3)8-11(4)9-14(16)12(5)13(15)7-2/h9-10H,4,6-8H2,1-3,5H3/b13-12+,14-9+. The first-order valence-corrected chi connectivity index (χ1v) is 5.82. The number of hydrogen-bond donors (Lipinski definition) is 0. The van der Waals surface area contributed by atoms with Crippen LogP contribution >= 0.6 is 0 Å². The highest BCUT2D eigenvalue weighted by Crippen LogP contribution is 2.22. The van der Waals surface area contributed by atoms with E-state index >= 15 is 0 Å². The molecule has 0 saturated heterocycles. The van der Waals surface area contributed by atoms with Crippen LogP contribution in [-0.2, 0) is 0 Å². The molecule has 0 radical (unpaired) electrons. The summed E-state index contributed by atoms with van der Waals surface area (Å²) in [6.45, 7) is 11.1. The maximum Gasteiger partial charge on any atom is 0.128 e. The summed E-state index contributed by atoms with van der Waals surface area (Å²) in [6.07, 6.45) is 3.36. The third-order valence-corrected chi connectivity index (χ3v) is 2.71. The summed E-state index contributed by atoms with van der Waals surface area (Å²) in [5, 5.41) is 0. The molecule has 0 aliphatic rings. The first-order valence-electron chi connectivity index (χ1n) is 5.82. The van der Waals surface area contributed by atoms with Crippen LogP contribution < -0.4 is 0 Å². The van der Waals surface area contributed by atoms with E-state index in [4.69, 9.17) is 0 Å². The number of rotatable bonds is 6. The SMILES string of the molecule is C=C(/C=C(F)\C(C)=C(\F)CC)CC(C)CC. The molecule has 0 aromatic rings. The minimum atomic E-state index is -0.507. The molecule has 0 aliphatic heterocycles. The van der Waals surface area contributed by atoms with Crippen molar-refractivity contribution in [3.05, 3.63) is 35.5 Å². The molecule has 0 amide bonds. The lowest BCUT2D eigenvalue weighted by atomic mass is 9.99. The highest BCUT2D eigenvalue weighted by Gasteiger charge is 2.07. The molecule has 0 fully saturated rings. The molecule has 0 nitrogen and oxygen atoms in total. The van der Waals surface area contributed by atoms with Gasteiger partial charge in [0.05, 0.1) is 0 Å². The van der Waals surface area contributed by atoms with E-state index in [9.17, 15) is 8.78 Å². The zero-order valence-electron chi connectivity index (χ0n) is 10.7. The molecule has 2 heteroatoms. The van der Waals surface area contributed by atoms with Gasteiger partial charge in [0.1, 0.15) is 11.7 Å². The van der Waals surface area contributed by atoms with Crippen molar-refractivity contribution in [2.24, 2.45) is 5.92 Å². The van der Waals surface area contributed by atoms with Gasteiger partial charge in [-0.25, -0.2) is 8.78 Å². The van der Waals surface area contributed by atoms with Crippen molar-refractivity contribution in [3.8, 4) is 0 Å². The van der Waals surface area contributed by atoms with E-state index in [1.54, 1.807) is 6.92 Å². The van der Waals surface area contributed by atoms with E-state index < -0.39 is 11.7 Å². The zero-order valence-corrected chi connectivity index (χ0v) is 10.7. The van der Waals surface area contributed by atoms with Gasteiger partial charge in [-0.3, -0.25) is 0 Å². The third-order valence-electron chi connectivity index (χ3n) is 2.71. The van der Waals surface area contributed by atoms with Crippen molar-refractivity contribution < 1.29 is 8.78 Å². The monoisotopic (exact) mass is 228 g/mol. The topological polar surface area (TPSA) is 0 Å². The first-order chi connectivity index (χ1) is 7.42. The highest BCUT2D eigenvalue weighted by molar-refractivity contribution is 5.32. The number of hydrogen-bond acceptors (Lipinski definition) is 0. The zero-order chi connectivity index (χ0) is 12.7. The Morgan fingerprint density at radius 2 is 1.88 bits per heavy atom. The van der Waals surface area contributed by atoms with Crippen LogP contribution in [0.5, 0.6) is 0 Å². The van der Waals surface area contributed by atoms with Crippen LogP contribution in [0.3, 0.4) is 0 Å². The first kappa shape index (κ1) is 15.1. The Labute approximate surface area is 97.7 Å². The Hall–Kier alpha value is -0.920. The third kappa shape index (κ3) is 5.24. The van der Waals surface area contributed by atoms with Crippen molar-refractivity contribution in [2.45, 2.75) is 47.0 Å². The normalized spacial score (nSPS) is 15.8. The molecule has 0 aliphatic carbocycles. The van der Waals surface area contributed by atoms with Crippen LogP contribution in [0.4, 0.5) is 8.78 Å². The lowest BCUT2D eigenvalue weighted by molar-refractivity contribution is 0.556. The van der Waals surface area contributed by atoms with Crippen molar-refractivity contribution in [1.29, 1.82) is 0 Å². The van der Waals surface area contributed by atoms with E-state index in [-0.39, 0.29) is 12.0 Å². The molecule has 0 aromatic heterocycles. The average molecular weight is 228 g/mol. The predicted molar refractivity (Wildman–Crippen MR) is 66.5 cm³/mol. The molecule has 0 aromatic carbocycles. The average Bonchev–Trinajstić information content (AvgIpc) is 2.26. The van der Waals surface area contributed by atoms with Gasteiger partial charge in [-0.1, -0.05) is 39.3 Å². The van der Waals surface area contributed by atoms with E-state index in [1.807, 2.05) is 0 Å². The molecule has 1 unspecified atom stereocenters. The Morgan fingerprint density at radius 3 is 2.31 bits per heavy atom. The fraction of sp³-hybridized carbons (Fsp3) is 0.571. The highest BCUT2D eigenvalue weighted by atomic mass is 19.1. The van der Waals surface area contributed by atoms with Gasteiger partial charge in [0.25, 0.3) is 0 Å². The number of halogens is 2. The van der Waals surface area contributed by atoms with Crippen LogP contribution in [0.25, 0.3) is 0 Å². The van der Waals surface area contributed by atoms with E-state index in [0.717, 1.165) is 18.4 Å². The van der Waals surface area contributed by atoms with Gasteiger partial charge >= 0.3 is 0 Å². The van der Waals surface area contributed by atoms with Crippen molar-refractivity contribution in [2.75, 3.05) is 0 Å². The van der Waals surface area contributed by atoms with Crippen molar-refractivity contribution in [1.82, 2.24) is 0 Å². The van der Waals surface area contributed by atoms with Crippen LogP contribution in [0.15, 0.2) is 35.5 Å². The van der Waals surface area contributed by atoms with Gasteiger partial charge in [0.15, 0.2) is 0 Å². The molecular formula is C14H22F2. The van der Waals surface area contributed by atoms with Crippen molar-refractivity contribution in [3.63, 3.8) is 0 Å². The van der Waals surface area contributed by atoms with Crippen LogP contribution in [0.2, 0.25) is 0 Å². The summed E-state index contributed by atoms with van der Waals surface area (Å²) >= 11 is 0. The van der Waals surface area contributed by atoms with E-state index in [1.165, 1.54) is 13.0 Å². The fourth-order valence-electron chi connectivity index (χ4n) is 1.33. The fourth-order valence-corrected chi connectivity index (χ4v) is 1.33. The van der Waals surface area contributed by atoms with Crippen molar-refractivity contribution >= 4 is 0 Å². The molecule has 0 saturated carbocycles. The van der Waals surface area contributed by atoms with Gasteiger partial charge in [-0.2, -0.15) is 0 Å². The Morgan fingerprint density at radius 1 is 1.31 bits per heavy atom. The minimum absolute atomic E-state index is 0.0906. The maximum absolute atomic E-state index is 13.5. The molecule has 0 bridgehead atoms. The summed E-state index contributed by atoms with van der Waals surface area (Å²) in [7, 11) is 0. The second-order valence-electron chi connectivity index (χ2n) is 4.25. The van der Waals surface area contributed by atoms with Gasteiger partial charge < -0.3 is 0 Å². The van der Waals surface area contributed by atoms with Gasteiger partial charge in [0.2, 0.25) is 0 Å². The summed E-state index contributed by atoms with van der Waals surface area (Å²) in [6, 6.07) is 0. The smallest absolute Gasteiger partial charge is 0.128 e. The quantitative estimate of drug-likeness (QED) is 0.528. The van der Waals surface area contributed by atoms with Crippen LogP contribution in [0.1, 0.15) is 47.0 Å². The van der Waals surface area contributed by atoms with Gasteiger partial charge in [-0.15, -0.1) is 0 Å². The minimum Gasteiger partial charge on any atom is -0.211 e. The Bertz CT molecular complexity index is 298. The van der Waals surface area contributed by atoms with E-state index in [2.05, 4.69) is 20.4 Å². The van der Waals surface area contributed by atoms with E-state index in [0.29, 0.717) is 5.92 Å². The molecule has 0 N–H and O–H groups in total. The summed E-state index contributed by atoms with van der Waals surface area (Å²) < 4.78 is 26.7. The molecular weight excluding hydrogens is 206 g/mol. The van der Waals surface area contributed by atoms with Gasteiger partial charge in [0, 0.05) is 5.57 Å².